The van der Waals surface area contributed by atoms with Crippen LogP contribution < -0.4 is 5.19 Å². The summed E-state index contributed by atoms with van der Waals surface area (Å²) < 4.78 is 8.77. The van der Waals surface area contributed by atoms with Crippen LogP contribution in [-0.4, -0.2) is 22.6 Å². The standard InChI is InChI=1S/C35H27N2O.C23H32NSi.Ir/c1-35(2,3)28-19-12-16-24(23-13-5-4-6-14-23)32(28)37-30-21-9-8-20-29(30)36-34(37)27-18-11-17-26-25-15-7-10-22-31(25)38-33(26)27;1-17(2)19-10-12-20(13-11-19)22-15-21(14-18-8-6-7-9-18)23(16-24-22)25(3,4)5;/h4-17,19-22H,1-3H3;10-12,15-18H,6-9,14H2,1-5H3;/q2*-1;. The zero-order valence-electron chi connectivity index (χ0n) is 38.6. The third-order valence-corrected chi connectivity index (χ3v) is 14.9. The molecule has 6 aromatic carbocycles. The van der Waals surface area contributed by atoms with Gasteiger partial charge in [0, 0.05) is 37.3 Å². The minimum atomic E-state index is -1.37. The Hall–Kier alpha value is -5.39. The maximum atomic E-state index is 6.45. The second kappa shape index (κ2) is 18.6. The van der Waals surface area contributed by atoms with E-state index in [1.54, 1.807) is 10.8 Å². The van der Waals surface area contributed by atoms with Gasteiger partial charge in [-0.25, -0.2) is 0 Å². The quantitative estimate of drug-likeness (QED) is 0.113. The predicted octanol–water partition coefficient (Wildman–Crippen LogP) is 15.3. The van der Waals surface area contributed by atoms with Crippen molar-refractivity contribution in [2.75, 3.05) is 0 Å². The number of imidazole rings is 1. The number of aromatic nitrogens is 3. The number of hydrogen-bond acceptors (Lipinski definition) is 3. The van der Waals surface area contributed by atoms with Gasteiger partial charge in [-0.2, -0.15) is 0 Å². The Morgan fingerprint density at radius 2 is 1.53 bits per heavy atom. The summed E-state index contributed by atoms with van der Waals surface area (Å²) in [6.07, 6.45) is 9.04. The molecule has 3 aromatic heterocycles. The summed E-state index contributed by atoms with van der Waals surface area (Å²) in [6, 6.07) is 53.7. The Morgan fingerprint density at radius 3 is 2.25 bits per heavy atom. The van der Waals surface area contributed by atoms with Crippen LogP contribution in [0.25, 0.3) is 72.4 Å². The fourth-order valence-corrected chi connectivity index (χ4v) is 11.1. The summed E-state index contributed by atoms with van der Waals surface area (Å²) >= 11 is 0. The van der Waals surface area contributed by atoms with E-state index in [4.69, 9.17) is 14.4 Å². The maximum Gasteiger partial charge on any atom is 0.120 e. The van der Waals surface area contributed by atoms with Gasteiger partial charge in [0.1, 0.15) is 5.58 Å². The molecule has 1 aliphatic rings. The van der Waals surface area contributed by atoms with Crippen LogP contribution in [0.5, 0.6) is 0 Å². The zero-order chi connectivity index (χ0) is 43.9. The summed E-state index contributed by atoms with van der Waals surface area (Å²) in [7, 11) is -1.37. The Balaban J connectivity index is 0.000000188. The molecule has 1 aliphatic carbocycles. The molecule has 0 N–H and O–H groups in total. The minimum Gasteiger partial charge on any atom is -0.501 e. The van der Waals surface area contributed by atoms with Crippen molar-refractivity contribution in [3.05, 3.63) is 168 Å². The molecule has 0 saturated heterocycles. The van der Waals surface area contributed by atoms with Gasteiger partial charge in [0.05, 0.1) is 36.2 Å². The molecule has 64 heavy (non-hydrogen) atoms. The van der Waals surface area contributed by atoms with Gasteiger partial charge < -0.3 is 14.0 Å². The van der Waals surface area contributed by atoms with Crippen molar-refractivity contribution in [2.24, 2.45) is 5.92 Å². The maximum absolute atomic E-state index is 6.45. The number of hydrogen-bond donors (Lipinski definition) is 0. The SMILES string of the molecule is CC(C)(C)c1cccc(-c2ccccc2)c1-n1c(-c2[c-]ccc3c2oc2ccccc23)nc2ccccc21.CC(C)c1c[c-]c(-c2cc(CC3CCCC3)c([Si](C)(C)C)cn2)cc1.[Ir]. The van der Waals surface area contributed by atoms with Crippen molar-refractivity contribution >= 4 is 46.2 Å². The van der Waals surface area contributed by atoms with E-state index in [2.05, 4.69) is 186 Å². The van der Waals surface area contributed by atoms with Crippen molar-refractivity contribution in [3.8, 4) is 39.5 Å². The van der Waals surface area contributed by atoms with Gasteiger partial charge in [0.25, 0.3) is 0 Å². The van der Waals surface area contributed by atoms with Crippen molar-refractivity contribution in [1.82, 2.24) is 14.5 Å². The third-order valence-electron chi connectivity index (χ3n) is 12.8. The summed E-state index contributed by atoms with van der Waals surface area (Å²) in [5.41, 5.74) is 14.3. The Bertz CT molecular complexity index is 3030. The van der Waals surface area contributed by atoms with Crippen molar-refractivity contribution in [3.63, 3.8) is 0 Å². The van der Waals surface area contributed by atoms with E-state index in [0.29, 0.717) is 5.92 Å². The monoisotopic (exact) mass is 1030 g/mol. The Morgan fingerprint density at radius 1 is 0.797 bits per heavy atom. The average Bonchev–Trinajstić information content (AvgIpc) is 4.04. The number of fused-ring (bicyclic) bond motifs is 4. The smallest absolute Gasteiger partial charge is 0.120 e. The first-order valence-corrected chi connectivity index (χ1v) is 26.4. The predicted molar refractivity (Wildman–Crippen MR) is 268 cm³/mol. The fraction of sp³-hybridized carbons (Fsp3) is 0.276. The molecule has 10 rings (SSSR count). The Kier molecular flexibility index (Phi) is 13.1. The van der Waals surface area contributed by atoms with Gasteiger partial charge in [0.15, 0.2) is 0 Å². The fourth-order valence-electron chi connectivity index (χ4n) is 9.49. The van der Waals surface area contributed by atoms with Gasteiger partial charge in [-0.05, 0) is 58.0 Å². The molecule has 0 atom stereocenters. The van der Waals surface area contributed by atoms with Gasteiger partial charge in [0.2, 0.25) is 0 Å². The second-order valence-corrected chi connectivity index (χ2v) is 24.8. The van der Waals surface area contributed by atoms with Crippen LogP contribution in [0.2, 0.25) is 19.6 Å². The van der Waals surface area contributed by atoms with Gasteiger partial charge in [-0.3, -0.25) is 4.98 Å². The normalized spacial score (nSPS) is 13.4. The first kappa shape index (κ1) is 45.2. The molecule has 0 spiro atoms. The van der Waals surface area contributed by atoms with E-state index in [1.165, 1.54) is 54.4 Å². The third kappa shape index (κ3) is 9.11. The molecule has 6 heteroatoms. The van der Waals surface area contributed by atoms with Crippen molar-refractivity contribution in [2.45, 2.75) is 97.7 Å². The minimum absolute atomic E-state index is 0. The number of nitrogens with zero attached hydrogens (tertiary/aromatic N) is 3. The molecule has 3 heterocycles. The number of pyridine rings is 1. The molecular formula is C58H59IrN3OSi-2. The summed E-state index contributed by atoms with van der Waals surface area (Å²) in [6.45, 7) is 18.6. The van der Waals surface area contributed by atoms with Crippen LogP contribution >= 0.6 is 0 Å². The molecule has 9 aromatic rings. The topological polar surface area (TPSA) is 43.9 Å². The average molecular weight is 1030 g/mol. The number of furan rings is 1. The van der Waals surface area contributed by atoms with Crippen LogP contribution in [0.4, 0.5) is 0 Å². The van der Waals surface area contributed by atoms with Crippen LogP contribution in [0.1, 0.15) is 82.9 Å². The van der Waals surface area contributed by atoms with Crippen LogP contribution in [0.3, 0.4) is 0 Å². The van der Waals surface area contributed by atoms with Crippen LogP contribution in [-0.2, 0) is 31.9 Å². The molecule has 327 valence electrons. The van der Waals surface area contributed by atoms with Crippen molar-refractivity contribution < 1.29 is 24.5 Å². The van der Waals surface area contributed by atoms with E-state index < -0.39 is 8.07 Å². The van der Waals surface area contributed by atoms with E-state index in [1.807, 2.05) is 24.3 Å². The molecule has 1 radical (unpaired) electrons. The molecule has 1 saturated carbocycles. The summed E-state index contributed by atoms with van der Waals surface area (Å²) in [5.74, 6) is 2.24. The Labute approximate surface area is 394 Å². The first-order valence-electron chi connectivity index (χ1n) is 22.9. The summed E-state index contributed by atoms with van der Waals surface area (Å²) in [5, 5.41) is 3.71. The molecule has 0 aliphatic heterocycles. The molecule has 4 nitrogen and oxygen atoms in total. The number of rotatable bonds is 8. The first-order chi connectivity index (χ1) is 30.3. The summed E-state index contributed by atoms with van der Waals surface area (Å²) in [4.78, 5) is 10.0. The zero-order valence-corrected chi connectivity index (χ0v) is 41.9. The molecule has 0 unspecified atom stereocenters. The number of benzene rings is 6. The molecular weight excluding hydrogens is 975 g/mol. The van der Waals surface area contributed by atoms with E-state index in [-0.39, 0.29) is 25.5 Å². The van der Waals surface area contributed by atoms with Gasteiger partial charge in [-0.1, -0.05) is 187 Å². The van der Waals surface area contributed by atoms with Crippen LogP contribution in [0.15, 0.2) is 144 Å². The molecule has 0 amide bonds. The van der Waals surface area contributed by atoms with E-state index in [0.717, 1.165) is 67.2 Å². The van der Waals surface area contributed by atoms with Gasteiger partial charge in [-0.15, -0.1) is 53.6 Å². The number of para-hydroxylation sites is 4. The molecule has 0 bridgehead atoms. The van der Waals surface area contributed by atoms with Crippen molar-refractivity contribution in [1.29, 1.82) is 0 Å². The second-order valence-electron chi connectivity index (χ2n) is 19.8. The molecule has 1 fully saturated rings. The van der Waals surface area contributed by atoms with E-state index >= 15 is 0 Å². The van der Waals surface area contributed by atoms with Gasteiger partial charge >= 0.3 is 0 Å². The largest absolute Gasteiger partial charge is 0.501 e. The van der Waals surface area contributed by atoms with Crippen LogP contribution in [0, 0.1) is 18.1 Å². The van der Waals surface area contributed by atoms with E-state index in [9.17, 15) is 0 Å².